The Morgan fingerprint density at radius 2 is 2.10 bits per heavy atom. The minimum absolute atomic E-state index is 0.0194. The average molecular weight is 148 g/mol. The van der Waals surface area contributed by atoms with Gasteiger partial charge in [0.1, 0.15) is 12.2 Å². The molecule has 0 aromatic heterocycles. The van der Waals surface area contributed by atoms with E-state index in [0.717, 1.165) is 0 Å². The van der Waals surface area contributed by atoms with Gasteiger partial charge in [-0.1, -0.05) is 0 Å². The van der Waals surface area contributed by atoms with Gasteiger partial charge in [0.2, 0.25) is 0 Å². The molecule has 1 fully saturated rings. The normalized spacial score (nSPS) is 40.5. The molecule has 0 spiro atoms. The molecule has 1 rings (SSSR count). The summed E-state index contributed by atoms with van der Waals surface area (Å²) < 4.78 is 4.96. The standard InChI is InChI=1S/C6H12O4/c7-2-1-5-6(9)4(8)3-10-5/h4-9H,1-3H2/t4-,5+,6-/m0/s1. The third kappa shape index (κ3) is 1.46. The van der Waals surface area contributed by atoms with Gasteiger partial charge in [0.25, 0.3) is 0 Å². The fourth-order valence-electron chi connectivity index (χ4n) is 1.05. The van der Waals surface area contributed by atoms with Gasteiger partial charge < -0.3 is 20.1 Å². The monoisotopic (exact) mass is 148 g/mol. The van der Waals surface area contributed by atoms with Crippen LogP contribution in [0.3, 0.4) is 0 Å². The van der Waals surface area contributed by atoms with Crippen molar-refractivity contribution in [2.45, 2.75) is 24.7 Å². The molecule has 1 heterocycles. The van der Waals surface area contributed by atoms with Crippen LogP contribution in [0.1, 0.15) is 6.42 Å². The van der Waals surface area contributed by atoms with E-state index in [0.29, 0.717) is 6.42 Å². The molecule has 4 nitrogen and oxygen atoms in total. The average Bonchev–Trinajstić information content (AvgIpc) is 2.20. The van der Waals surface area contributed by atoms with Crippen LogP contribution in [-0.2, 0) is 4.74 Å². The zero-order valence-corrected chi connectivity index (χ0v) is 5.60. The predicted molar refractivity (Wildman–Crippen MR) is 33.5 cm³/mol. The quantitative estimate of drug-likeness (QED) is 0.445. The van der Waals surface area contributed by atoms with E-state index < -0.39 is 12.2 Å². The van der Waals surface area contributed by atoms with Crippen LogP contribution in [0.4, 0.5) is 0 Å². The maximum absolute atomic E-state index is 9.10. The van der Waals surface area contributed by atoms with Crippen molar-refractivity contribution in [3.05, 3.63) is 0 Å². The van der Waals surface area contributed by atoms with Gasteiger partial charge >= 0.3 is 0 Å². The van der Waals surface area contributed by atoms with Crippen LogP contribution in [0.25, 0.3) is 0 Å². The lowest BCUT2D eigenvalue weighted by atomic mass is 10.1. The molecule has 0 unspecified atom stereocenters. The van der Waals surface area contributed by atoms with E-state index in [1.54, 1.807) is 0 Å². The summed E-state index contributed by atoms with van der Waals surface area (Å²) in [4.78, 5) is 0. The van der Waals surface area contributed by atoms with E-state index in [9.17, 15) is 0 Å². The van der Waals surface area contributed by atoms with Gasteiger partial charge in [-0.3, -0.25) is 0 Å². The molecule has 0 radical (unpaired) electrons. The summed E-state index contributed by atoms with van der Waals surface area (Å²) in [6, 6.07) is 0. The Bertz CT molecular complexity index is 104. The minimum atomic E-state index is -0.827. The van der Waals surface area contributed by atoms with E-state index in [1.807, 2.05) is 0 Å². The number of rotatable bonds is 2. The Morgan fingerprint density at radius 1 is 1.40 bits per heavy atom. The molecule has 1 aliphatic rings. The van der Waals surface area contributed by atoms with Gasteiger partial charge in [0.15, 0.2) is 0 Å². The zero-order valence-electron chi connectivity index (χ0n) is 5.60. The zero-order chi connectivity index (χ0) is 7.56. The molecule has 0 bridgehead atoms. The lowest BCUT2D eigenvalue weighted by Crippen LogP contribution is -2.30. The van der Waals surface area contributed by atoms with E-state index in [4.69, 9.17) is 20.1 Å². The molecule has 0 aliphatic carbocycles. The molecular weight excluding hydrogens is 136 g/mol. The first kappa shape index (κ1) is 7.94. The number of hydrogen-bond donors (Lipinski definition) is 3. The van der Waals surface area contributed by atoms with Crippen LogP contribution in [0.2, 0.25) is 0 Å². The molecule has 0 amide bonds. The van der Waals surface area contributed by atoms with E-state index in [-0.39, 0.29) is 19.3 Å². The molecule has 0 aromatic carbocycles. The Morgan fingerprint density at radius 3 is 2.50 bits per heavy atom. The first-order valence-electron chi connectivity index (χ1n) is 3.34. The van der Waals surface area contributed by atoms with Crippen LogP contribution in [-0.4, -0.2) is 46.8 Å². The highest BCUT2D eigenvalue weighted by Crippen LogP contribution is 2.16. The minimum Gasteiger partial charge on any atom is -0.396 e. The first-order valence-corrected chi connectivity index (χ1v) is 3.34. The second-order valence-electron chi connectivity index (χ2n) is 2.44. The summed E-state index contributed by atoms with van der Waals surface area (Å²) in [7, 11) is 0. The third-order valence-electron chi connectivity index (χ3n) is 1.67. The van der Waals surface area contributed by atoms with Gasteiger partial charge in [0.05, 0.1) is 12.7 Å². The summed E-state index contributed by atoms with van der Waals surface area (Å²) in [6.45, 7) is 0.153. The van der Waals surface area contributed by atoms with Crippen molar-refractivity contribution in [2.24, 2.45) is 0 Å². The molecular formula is C6H12O4. The lowest BCUT2D eigenvalue weighted by molar-refractivity contribution is 0.0117. The molecule has 60 valence electrons. The largest absolute Gasteiger partial charge is 0.396 e. The van der Waals surface area contributed by atoms with E-state index in [1.165, 1.54) is 0 Å². The molecule has 0 saturated carbocycles. The van der Waals surface area contributed by atoms with E-state index >= 15 is 0 Å². The highest BCUT2D eigenvalue weighted by Gasteiger charge is 2.33. The Labute approximate surface area is 59.1 Å². The molecule has 1 saturated heterocycles. The number of aliphatic hydroxyl groups excluding tert-OH is 3. The molecule has 3 N–H and O–H groups in total. The van der Waals surface area contributed by atoms with Crippen LogP contribution in [0, 0.1) is 0 Å². The first-order chi connectivity index (χ1) is 4.75. The van der Waals surface area contributed by atoms with Crippen LogP contribution in [0.15, 0.2) is 0 Å². The van der Waals surface area contributed by atoms with Crippen molar-refractivity contribution in [1.82, 2.24) is 0 Å². The van der Waals surface area contributed by atoms with Crippen molar-refractivity contribution in [3.63, 3.8) is 0 Å². The molecule has 3 atom stereocenters. The Hall–Kier alpha value is -0.160. The van der Waals surface area contributed by atoms with Gasteiger partial charge in [-0.05, 0) is 6.42 Å². The van der Waals surface area contributed by atoms with Gasteiger partial charge in [-0.25, -0.2) is 0 Å². The van der Waals surface area contributed by atoms with Crippen LogP contribution in [0.5, 0.6) is 0 Å². The van der Waals surface area contributed by atoms with Gasteiger partial charge in [-0.2, -0.15) is 0 Å². The SMILES string of the molecule is OCC[C@H]1OC[C@H](O)[C@@H]1O. The second kappa shape index (κ2) is 3.30. The number of aliphatic hydroxyl groups is 3. The summed E-state index contributed by atoms with van der Waals surface area (Å²) in [6.07, 6.45) is -1.61. The topological polar surface area (TPSA) is 69.9 Å². The summed E-state index contributed by atoms with van der Waals surface area (Å²) in [5.74, 6) is 0. The highest BCUT2D eigenvalue weighted by molar-refractivity contribution is 4.82. The second-order valence-corrected chi connectivity index (χ2v) is 2.44. The van der Waals surface area contributed by atoms with Crippen LogP contribution < -0.4 is 0 Å². The molecule has 0 aromatic rings. The number of ether oxygens (including phenoxy) is 1. The smallest absolute Gasteiger partial charge is 0.108 e. The maximum Gasteiger partial charge on any atom is 0.108 e. The lowest BCUT2D eigenvalue weighted by Gasteiger charge is -2.12. The van der Waals surface area contributed by atoms with Gasteiger partial charge in [-0.15, -0.1) is 0 Å². The molecule has 4 heteroatoms. The summed E-state index contributed by atoms with van der Waals surface area (Å²) >= 11 is 0. The number of hydrogen-bond acceptors (Lipinski definition) is 4. The van der Waals surface area contributed by atoms with Crippen LogP contribution >= 0.6 is 0 Å². The summed E-state index contributed by atoms with van der Waals surface area (Å²) in [5.41, 5.74) is 0. The van der Waals surface area contributed by atoms with Crippen molar-refractivity contribution in [1.29, 1.82) is 0 Å². The van der Waals surface area contributed by atoms with Crippen molar-refractivity contribution in [2.75, 3.05) is 13.2 Å². The third-order valence-corrected chi connectivity index (χ3v) is 1.67. The predicted octanol–water partition coefficient (Wildman–Crippen LogP) is -1.51. The van der Waals surface area contributed by atoms with Crippen molar-refractivity contribution >= 4 is 0 Å². The fourth-order valence-corrected chi connectivity index (χ4v) is 1.05. The van der Waals surface area contributed by atoms with Crippen molar-refractivity contribution < 1.29 is 20.1 Å². The van der Waals surface area contributed by atoms with E-state index in [2.05, 4.69) is 0 Å². The van der Waals surface area contributed by atoms with Gasteiger partial charge in [0, 0.05) is 6.61 Å². The Kier molecular flexibility index (Phi) is 2.62. The Balaban J connectivity index is 2.33. The maximum atomic E-state index is 9.10. The molecule has 1 aliphatic heterocycles. The van der Waals surface area contributed by atoms with Crippen molar-refractivity contribution in [3.8, 4) is 0 Å². The summed E-state index contributed by atoms with van der Waals surface area (Å²) in [5, 5.41) is 26.5. The highest BCUT2D eigenvalue weighted by atomic mass is 16.5. The molecule has 10 heavy (non-hydrogen) atoms. The fraction of sp³-hybridized carbons (Fsp3) is 1.00.